The Morgan fingerprint density at radius 1 is 1.30 bits per heavy atom. The molecule has 122 valence electrons. The van der Waals surface area contributed by atoms with Crippen LogP contribution in [0.1, 0.15) is 30.1 Å². The van der Waals surface area contributed by atoms with Crippen LogP contribution in [0.15, 0.2) is 28.8 Å². The zero-order chi connectivity index (χ0) is 16.4. The second-order valence-electron chi connectivity index (χ2n) is 5.91. The van der Waals surface area contributed by atoms with Gasteiger partial charge in [-0.2, -0.15) is 0 Å². The number of carbonyl (C=O) groups is 1. The van der Waals surface area contributed by atoms with Crippen molar-refractivity contribution in [2.24, 2.45) is 5.92 Å². The molecule has 6 nitrogen and oxygen atoms in total. The van der Waals surface area contributed by atoms with Gasteiger partial charge in [0.15, 0.2) is 17.1 Å². The van der Waals surface area contributed by atoms with E-state index in [1.165, 1.54) is 0 Å². The Kier molecular flexibility index (Phi) is 4.23. The van der Waals surface area contributed by atoms with E-state index in [0.717, 1.165) is 25.9 Å². The zero-order valence-corrected chi connectivity index (χ0v) is 13.3. The van der Waals surface area contributed by atoms with Crippen molar-refractivity contribution in [2.45, 2.75) is 19.8 Å². The minimum Gasteiger partial charge on any atom is -0.497 e. The quantitative estimate of drug-likeness (QED) is 0.933. The molecule has 0 atom stereocenters. The molecular formula is C17H20N2O4. The maximum Gasteiger partial charge on any atom is 0.343 e. The van der Waals surface area contributed by atoms with Crippen molar-refractivity contribution in [3.8, 4) is 17.1 Å². The predicted octanol–water partition coefficient (Wildman–Crippen LogP) is 3.28. The summed E-state index contributed by atoms with van der Waals surface area (Å²) in [6, 6.07) is 7.08. The number of hydrogen-bond donors (Lipinski definition) is 1. The Bertz CT molecular complexity index is 685. The summed E-state index contributed by atoms with van der Waals surface area (Å²) < 4.78 is 10.5. The first kappa shape index (κ1) is 15.4. The minimum atomic E-state index is -1.02. The highest BCUT2D eigenvalue weighted by Gasteiger charge is 2.29. The summed E-state index contributed by atoms with van der Waals surface area (Å²) in [6.07, 6.45) is 2.06. The second-order valence-corrected chi connectivity index (χ2v) is 5.91. The third kappa shape index (κ3) is 3.02. The fraction of sp³-hybridized carbons (Fsp3) is 0.412. The lowest BCUT2D eigenvalue weighted by molar-refractivity contribution is 0.0697. The van der Waals surface area contributed by atoms with E-state index in [0.29, 0.717) is 23.0 Å². The van der Waals surface area contributed by atoms with Crippen LogP contribution in [0.25, 0.3) is 11.3 Å². The van der Waals surface area contributed by atoms with E-state index in [9.17, 15) is 9.90 Å². The predicted molar refractivity (Wildman–Crippen MR) is 86.1 cm³/mol. The minimum absolute atomic E-state index is 0.129. The molecule has 2 heterocycles. The average molecular weight is 316 g/mol. The fourth-order valence-corrected chi connectivity index (χ4v) is 2.85. The van der Waals surface area contributed by atoms with Crippen molar-refractivity contribution in [3.05, 3.63) is 29.8 Å². The molecule has 1 saturated heterocycles. The molecule has 1 aliphatic rings. The first-order valence-corrected chi connectivity index (χ1v) is 7.72. The molecular weight excluding hydrogens is 296 g/mol. The monoisotopic (exact) mass is 316 g/mol. The number of rotatable bonds is 4. The van der Waals surface area contributed by atoms with Gasteiger partial charge in [0.2, 0.25) is 0 Å². The van der Waals surface area contributed by atoms with Crippen molar-refractivity contribution in [3.63, 3.8) is 0 Å². The van der Waals surface area contributed by atoms with Gasteiger partial charge in [-0.1, -0.05) is 12.1 Å². The number of carboxylic acid groups (broad SMARTS) is 1. The topological polar surface area (TPSA) is 75.8 Å². The number of methoxy groups -OCH3 is 1. The molecule has 0 radical (unpaired) electrons. The zero-order valence-electron chi connectivity index (χ0n) is 13.3. The van der Waals surface area contributed by atoms with Crippen LogP contribution in [0, 0.1) is 5.92 Å². The molecule has 1 aromatic heterocycles. The lowest BCUT2D eigenvalue weighted by Crippen LogP contribution is -2.34. The lowest BCUT2D eigenvalue weighted by atomic mass is 9.98. The van der Waals surface area contributed by atoms with Crippen LogP contribution < -0.4 is 9.64 Å². The second kappa shape index (κ2) is 6.32. The van der Waals surface area contributed by atoms with Crippen LogP contribution >= 0.6 is 0 Å². The Morgan fingerprint density at radius 3 is 2.52 bits per heavy atom. The van der Waals surface area contributed by atoms with Crippen molar-refractivity contribution in [1.82, 2.24) is 5.16 Å². The van der Waals surface area contributed by atoms with E-state index in [1.807, 2.05) is 4.90 Å². The number of hydrogen-bond acceptors (Lipinski definition) is 5. The summed E-state index contributed by atoms with van der Waals surface area (Å²) in [5.74, 6) is 1.05. The van der Waals surface area contributed by atoms with Gasteiger partial charge in [-0.05, 0) is 43.0 Å². The third-order valence-corrected chi connectivity index (χ3v) is 4.32. The number of benzene rings is 1. The summed E-state index contributed by atoms with van der Waals surface area (Å²) in [5, 5.41) is 13.7. The van der Waals surface area contributed by atoms with Crippen LogP contribution in [0.3, 0.4) is 0 Å². The summed E-state index contributed by atoms with van der Waals surface area (Å²) in [4.78, 5) is 13.8. The summed E-state index contributed by atoms with van der Waals surface area (Å²) in [5.41, 5.74) is 0.803. The summed E-state index contributed by atoms with van der Waals surface area (Å²) in [6.45, 7) is 3.81. The molecule has 0 spiro atoms. The molecule has 0 unspecified atom stereocenters. The average Bonchev–Trinajstić information content (AvgIpc) is 3.01. The molecule has 0 amide bonds. The third-order valence-electron chi connectivity index (χ3n) is 4.32. The van der Waals surface area contributed by atoms with Crippen molar-refractivity contribution in [1.29, 1.82) is 0 Å². The molecule has 3 rings (SSSR count). The van der Waals surface area contributed by atoms with Gasteiger partial charge in [-0.25, -0.2) is 4.79 Å². The van der Waals surface area contributed by atoms with Gasteiger partial charge >= 0.3 is 5.97 Å². The van der Waals surface area contributed by atoms with Crippen molar-refractivity contribution in [2.75, 3.05) is 25.1 Å². The van der Waals surface area contributed by atoms with E-state index in [1.54, 1.807) is 31.4 Å². The Hall–Kier alpha value is -2.50. The Morgan fingerprint density at radius 2 is 1.96 bits per heavy atom. The highest BCUT2D eigenvalue weighted by atomic mass is 16.5. The van der Waals surface area contributed by atoms with Gasteiger partial charge in [0.05, 0.1) is 7.11 Å². The number of nitrogens with zero attached hydrogens (tertiary/aromatic N) is 2. The van der Waals surface area contributed by atoms with Crippen LogP contribution in [0.4, 0.5) is 5.82 Å². The molecule has 23 heavy (non-hydrogen) atoms. The molecule has 0 aliphatic carbocycles. The van der Waals surface area contributed by atoms with E-state index >= 15 is 0 Å². The van der Waals surface area contributed by atoms with Crippen LogP contribution in [-0.2, 0) is 0 Å². The van der Waals surface area contributed by atoms with E-state index < -0.39 is 5.97 Å². The van der Waals surface area contributed by atoms with Crippen LogP contribution in [0.2, 0.25) is 0 Å². The normalized spacial score (nSPS) is 15.7. The van der Waals surface area contributed by atoms with Crippen LogP contribution in [0.5, 0.6) is 5.75 Å². The molecule has 2 aromatic rings. The maximum atomic E-state index is 11.8. The Labute approximate surface area is 134 Å². The maximum absolute atomic E-state index is 11.8. The molecule has 0 saturated carbocycles. The molecule has 0 bridgehead atoms. The van der Waals surface area contributed by atoms with Gasteiger partial charge in [0.1, 0.15) is 5.75 Å². The smallest absolute Gasteiger partial charge is 0.343 e. The molecule has 1 aromatic carbocycles. The summed E-state index contributed by atoms with van der Waals surface area (Å²) >= 11 is 0. The van der Waals surface area contributed by atoms with Crippen molar-refractivity contribution >= 4 is 11.8 Å². The SMILES string of the molecule is COc1ccc(-c2onc(N3CCC(C)CC3)c2C(=O)O)cc1. The first-order valence-electron chi connectivity index (χ1n) is 7.72. The van der Waals surface area contributed by atoms with Crippen LogP contribution in [-0.4, -0.2) is 36.4 Å². The largest absolute Gasteiger partial charge is 0.497 e. The molecule has 1 fully saturated rings. The number of aromatic nitrogens is 1. The fourth-order valence-electron chi connectivity index (χ4n) is 2.85. The molecule has 6 heteroatoms. The highest BCUT2D eigenvalue weighted by molar-refractivity contribution is 5.99. The number of carboxylic acids is 1. The Balaban J connectivity index is 1.96. The van der Waals surface area contributed by atoms with Gasteiger partial charge in [-0.3, -0.25) is 0 Å². The van der Waals surface area contributed by atoms with Crippen molar-refractivity contribution < 1.29 is 19.2 Å². The van der Waals surface area contributed by atoms with Gasteiger partial charge in [0.25, 0.3) is 0 Å². The molecule has 1 aliphatic heterocycles. The number of piperidine rings is 1. The van der Waals surface area contributed by atoms with Gasteiger partial charge in [0, 0.05) is 18.7 Å². The van der Waals surface area contributed by atoms with E-state index in [2.05, 4.69) is 12.1 Å². The number of anilines is 1. The first-order chi connectivity index (χ1) is 11.1. The highest BCUT2D eigenvalue weighted by Crippen LogP contribution is 2.34. The van der Waals surface area contributed by atoms with E-state index in [-0.39, 0.29) is 11.3 Å². The van der Waals surface area contributed by atoms with Gasteiger partial charge < -0.3 is 19.3 Å². The van der Waals surface area contributed by atoms with E-state index in [4.69, 9.17) is 9.26 Å². The molecule has 1 N–H and O–H groups in total. The lowest BCUT2D eigenvalue weighted by Gasteiger charge is -2.30. The number of ether oxygens (including phenoxy) is 1. The summed E-state index contributed by atoms with van der Waals surface area (Å²) in [7, 11) is 1.58. The number of aromatic carboxylic acids is 1. The van der Waals surface area contributed by atoms with Gasteiger partial charge in [-0.15, -0.1) is 0 Å². The standard InChI is InChI=1S/C17H20N2O4/c1-11-7-9-19(10-8-11)16-14(17(20)21)15(23-18-16)12-3-5-13(22-2)6-4-12/h3-6,11H,7-10H2,1-2H3,(H,20,21).